The molecule has 37 heavy (non-hydrogen) atoms. The molecule has 1 saturated heterocycles. The van der Waals surface area contributed by atoms with E-state index in [0.717, 1.165) is 17.7 Å². The van der Waals surface area contributed by atoms with Gasteiger partial charge < -0.3 is 15.4 Å². The highest BCUT2D eigenvalue weighted by Crippen LogP contribution is 2.48. The zero-order chi connectivity index (χ0) is 27.0. The average molecular weight is 506 g/mol. The number of aryl methyl sites for hydroxylation is 1. The van der Waals surface area contributed by atoms with Crippen molar-refractivity contribution in [1.29, 1.82) is 5.26 Å². The number of carbonyl (C=O) groups is 1. The van der Waals surface area contributed by atoms with Crippen LogP contribution in [0, 0.1) is 29.5 Å². The number of nitrogens with one attached hydrogen (secondary N) is 2. The largest absolute Gasteiger partial charge is 0.375 e. The number of ether oxygens (including phenoxy) is 1. The first kappa shape index (κ1) is 26.2. The molecule has 9 nitrogen and oxygen atoms in total. The van der Waals surface area contributed by atoms with Gasteiger partial charge in [-0.25, -0.2) is 14.4 Å². The van der Waals surface area contributed by atoms with E-state index in [0.29, 0.717) is 23.8 Å². The lowest BCUT2D eigenvalue weighted by atomic mass is 9.69. The molecule has 1 fully saturated rings. The van der Waals surface area contributed by atoms with Gasteiger partial charge in [-0.05, 0) is 51.8 Å². The Labute approximate surface area is 216 Å². The number of carbonyl (C=O) groups excluding carboxylic acids is 1. The van der Waals surface area contributed by atoms with Crippen molar-refractivity contribution in [3.8, 4) is 17.3 Å². The Morgan fingerprint density at radius 1 is 1.30 bits per heavy atom. The summed E-state index contributed by atoms with van der Waals surface area (Å²) >= 11 is 0. The fraction of sp³-hybridized carbons (Fsp3) is 0.444. The molecule has 194 valence electrons. The third kappa shape index (κ3) is 5.18. The van der Waals surface area contributed by atoms with Crippen LogP contribution in [0.3, 0.4) is 0 Å². The Balaban J connectivity index is 1.55. The van der Waals surface area contributed by atoms with Crippen LogP contribution in [-0.4, -0.2) is 43.9 Å². The molecule has 1 aliphatic heterocycles. The van der Waals surface area contributed by atoms with Gasteiger partial charge in [-0.1, -0.05) is 19.9 Å². The van der Waals surface area contributed by atoms with Gasteiger partial charge in [0.15, 0.2) is 0 Å². The van der Waals surface area contributed by atoms with E-state index in [-0.39, 0.29) is 22.6 Å². The van der Waals surface area contributed by atoms with Crippen molar-refractivity contribution >= 4 is 17.5 Å². The Kier molecular flexibility index (Phi) is 7.02. The Hall–Kier alpha value is -3.84. The van der Waals surface area contributed by atoms with Crippen LogP contribution in [0.2, 0.25) is 0 Å². The average Bonchev–Trinajstić information content (AvgIpc) is 3.29. The van der Waals surface area contributed by atoms with Crippen LogP contribution in [0.1, 0.15) is 63.0 Å². The Bertz CT molecular complexity index is 1360. The molecule has 2 unspecified atom stereocenters. The molecule has 1 amide bonds. The Morgan fingerprint density at radius 3 is 2.76 bits per heavy atom. The lowest BCUT2D eigenvalue weighted by molar-refractivity contribution is -0.160. The maximum Gasteiger partial charge on any atom is 0.255 e. The van der Waals surface area contributed by atoms with E-state index in [1.165, 1.54) is 19.1 Å². The molecule has 0 radical (unpaired) electrons. The highest BCUT2D eigenvalue weighted by molar-refractivity contribution is 5.95. The highest BCUT2D eigenvalue weighted by Gasteiger charge is 2.48. The standard InChI is InChI=1S/C27H32FN7O2/c1-16-13-30-25(33-19-14-31-35(15-19)22-9-10-37-27(5,6)26(22,3)4)34-23(16)18-7-8-20(21(28)11-18)24(36)32-17(2)12-29/h7-8,11,13-15,17,22H,9-10H2,1-6H3,(H,32,36)(H,30,33,34). The number of rotatable bonds is 6. The summed E-state index contributed by atoms with van der Waals surface area (Å²) in [6, 6.07) is 5.61. The lowest BCUT2D eigenvalue weighted by Gasteiger charge is -2.50. The molecule has 10 heteroatoms. The van der Waals surface area contributed by atoms with E-state index < -0.39 is 17.8 Å². The second kappa shape index (κ2) is 9.90. The molecule has 0 bridgehead atoms. The quantitative estimate of drug-likeness (QED) is 0.487. The number of hydrogen-bond donors (Lipinski definition) is 2. The lowest BCUT2D eigenvalue weighted by Crippen LogP contribution is -2.51. The van der Waals surface area contributed by atoms with Crippen molar-refractivity contribution in [3.63, 3.8) is 0 Å². The first-order valence-electron chi connectivity index (χ1n) is 12.2. The van der Waals surface area contributed by atoms with E-state index >= 15 is 0 Å². The third-order valence-electron chi connectivity index (χ3n) is 7.42. The number of nitrogens with zero attached hydrogens (tertiary/aromatic N) is 5. The topological polar surface area (TPSA) is 118 Å². The minimum Gasteiger partial charge on any atom is -0.375 e. The number of hydrogen-bond acceptors (Lipinski definition) is 7. The van der Waals surface area contributed by atoms with Gasteiger partial charge in [-0.15, -0.1) is 0 Å². The van der Waals surface area contributed by atoms with Crippen molar-refractivity contribution in [2.75, 3.05) is 11.9 Å². The summed E-state index contributed by atoms with van der Waals surface area (Å²) in [6.07, 6.45) is 6.19. The monoisotopic (exact) mass is 505 g/mol. The summed E-state index contributed by atoms with van der Waals surface area (Å²) in [5.41, 5.74) is 1.97. The normalized spacial score (nSPS) is 19.0. The summed E-state index contributed by atoms with van der Waals surface area (Å²) in [7, 11) is 0. The fourth-order valence-electron chi connectivity index (χ4n) is 4.49. The van der Waals surface area contributed by atoms with Gasteiger partial charge in [0.2, 0.25) is 5.95 Å². The van der Waals surface area contributed by atoms with Crippen molar-refractivity contribution < 1.29 is 13.9 Å². The second-order valence-electron chi connectivity index (χ2n) is 10.5. The van der Waals surface area contributed by atoms with Crippen LogP contribution >= 0.6 is 0 Å². The first-order valence-corrected chi connectivity index (χ1v) is 12.2. The number of anilines is 2. The molecule has 0 spiro atoms. The predicted octanol–water partition coefficient (Wildman–Crippen LogP) is 4.94. The van der Waals surface area contributed by atoms with Gasteiger partial charge in [0.05, 0.1) is 40.9 Å². The van der Waals surface area contributed by atoms with Crippen LogP contribution in [0.4, 0.5) is 16.0 Å². The number of amides is 1. The van der Waals surface area contributed by atoms with E-state index in [9.17, 15) is 9.18 Å². The second-order valence-corrected chi connectivity index (χ2v) is 10.5. The fourth-order valence-corrected chi connectivity index (χ4v) is 4.49. The molecule has 2 N–H and O–H groups in total. The van der Waals surface area contributed by atoms with Gasteiger partial charge >= 0.3 is 0 Å². The van der Waals surface area contributed by atoms with Gasteiger partial charge in [-0.3, -0.25) is 9.48 Å². The van der Waals surface area contributed by atoms with E-state index in [4.69, 9.17) is 10.00 Å². The van der Waals surface area contributed by atoms with Crippen LogP contribution in [-0.2, 0) is 4.74 Å². The van der Waals surface area contributed by atoms with Crippen molar-refractivity contribution in [2.24, 2.45) is 5.41 Å². The molecule has 4 rings (SSSR count). The van der Waals surface area contributed by atoms with E-state index in [1.54, 1.807) is 18.5 Å². The van der Waals surface area contributed by atoms with Crippen LogP contribution in [0.5, 0.6) is 0 Å². The molecule has 2 aromatic heterocycles. The van der Waals surface area contributed by atoms with Gasteiger partial charge in [0.25, 0.3) is 5.91 Å². The predicted molar refractivity (Wildman–Crippen MR) is 138 cm³/mol. The smallest absolute Gasteiger partial charge is 0.255 e. The molecular formula is C27H32FN7O2. The van der Waals surface area contributed by atoms with Crippen molar-refractivity contribution in [1.82, 2.24) is 25.1 Å². The zero-order valence-electron chi connectivity index (χ0n) is 22.0. The Morgan fingerprint density at radius 2 is 2.05 bits per heavy atom. The van der Waals surface area contributed by atoms with Crippen LogP contribution < -0.4 is 10.6 Å². The van der Waals surface area contributed by atoms with Crippen molar-refractivity contribution in [2.45, 2.75) is 65.6 Å². The summed E-state index contributed by atoms with van der Waals surface area (Å²) in [5.74, 6) is -0.999. The maximum absolute atomic E-state index is 14.8. The van der Waals surface area contributed by atoms with Gasteiger partial charge in [0, 0.05) is 30.0 Å². The van der Waals surface area contributed by atoms with E-state index in [2.05, 4.69) is 53.4 Å². The SMILES string of the molecule is Cc1cnc(Nc2cnn(C3CCOC(C)(C)C3(C)C)c2)nc1-c1ccc(C(=O)NC(C)C#N)c(F)c1. The number of halogens is 1. The minimum absolute atomic E-state index is 0.137. The molecule has 3 aromatic rings. The van der Waals surface area contributed by atoms with Crippen molar-refractivity contribution in [3.05, 3.63) is 53.7 Å². The van der Waals surface area contributed by atoms with Crippen LogP contribution in [0.25, 0.3) is 11.3 Å². The molecular weight excluding hydrogens is 473 g/mol. The minimum atomic E-state index is -0.724. The number of benzene rings is 1. The zero-order valence-corrected chi connectivity index (χ0v) is 22.0. The molecule has 1 aliphatic rings. The maximum atomic E-state index is 14.8. The van der Waals surface area contributed by atoms with Gasteiger partial charge in [0.1, 0.15) is 11.9 Å². The summed E-state index contributed by atoms with van der Waals surface area (Å²) < 4.78 is 22.8. The van der Waals surface area contributed by atoms with Gasteiger partial charge in [-0.2, -0.15) is 10.4 Å². The summed E-state index contributed by atoms with van der Waals surface area (Å²) in [6.45, 7) is 12.6. The highest BCUT2D eigenvalue weighted by atomic mass is 19.1. The number of aromatic nitrogens is 4. The molecule has 0 saturated carbocycles. The van der Waals surface area contributed by atoms with Crippen LogP contribution in [0.15, 0.2) is 36.8 Å². The number of nitriles is 1. The summed E-state index contributed by atoms with van der Waals surface area (Å²) in [5, 5.41) is 19.1. The molecule has 1 aromatic carbocycles. The molecule has 3 heterocycles. The molecule has 0 aliphatic carbocycles. The first-order chi connectivity index (χ1) is 17.4. The molecule has 2 atom stereocenters. The third-order valence-corrected chi connectivity index (χ3v) is 7.42. The summed E-state index contributed by atoms with van der Waals surface area (Å²) in [4.78, 5) is 21.2. The van der Waals surface area contributed by atoms with E-state index in [1.807, 2.05) is 23.9 Å².